The number of fused-ring (bicyclic) bond motifs is 1. The van der Waals surface area contributed by atoms with Gasteiger partial charge in [-0.1, -0.05) is 12.2 Å². The molecule has 1 amide bonds. The Balaban J connectivity index is 2.51. The van der Waals surface area contributed by atoms with Crippen LogP contribution in [0.5, 0.6) is 0 Å². The molecule has 0 atom stereocenters. The number of thiophene rings is 1. The number of carbonyl (C=O) groups excluding carboxylic acids is 1. The number of amides is 1. The quantitative estimate of drug-likeness (QED) is 0.879. The summed E-state index contributed by atoms with van der Waals surface area (Å²) in [6, 6.07) is 1.98. The van der Waals surface area contributed by atoms with Crippen LogP contribution in [0.3, 0.4) is 0 Å². The summed E-state index contributed by atoms with van der Waals surface area (Å²) in [6.45, 7) is 12.8. The lowest BCUT2D eigenvalue weighted by molar-refractivity contribution is 0.0784. The van der Waals surface area contributed by atoms with E-state index in [1.54, 1.807) is 4.90 Å². The van der Waals surface area contributed by atoms with Gasteiger partial charge in [-0.25, -0.2) is 0 Å². The van der Waals surface area contributed by atoms with Gasteiger partial charge in [-0.2, -0.15) is 0 Å². The first kappa shape index (κ1) is 15.5. The van der Waals surface area contributed by atoms with Crippen LogP contribution in [0.25, 0.3) is 10.1 Å². The average Bonchev–Trinajstić information content (AvgIpc) is 2.72. The summed E-state index contributed by atoms with van der Waals surface area (Å²) in [5, 5.41) is 0.903. The van der Waals surface area contributed by atoms with Crippen molar-refractivity contribution < 1.29 is 4.79 Å². The number of nitrogens with two attached hydrogens (primary N) is 1. The number of rotatable bonds is 4. The molecule has 0 bridgehead atoms. The summed E-state index contributed by atoms with van der Waals surface area (Å²) in [7, 11) is 0. The number of aromatic nitrogens is 1. The largest absolute Gasteiger partial charge is 0.397 e. The van der Waals surface area contributed by atoms with Crippen molar-refractivity contribution in [2.75, 3.05) is 18.8 Å². The summed E-state index contributed by atoms with van der Waals surface area (Å²) in [4.78, 5) is 19.5. The highest BCUT2D eigenvalue weighted by atomic mass is 32.1. The molecule has 0 fully saturated rings. The Labute approximate surface area is 129 Å². The van der Waals surface area contributed by atoms with Gasteiger partial charge in [0.15, 0.2) is 0 Å². The standard InChI is InChI=1S/C16H21N3OS/c1-6-19(8-9(2)3)16(20)15-14(17)13-11(5)18-10(4)7-12(13)21-15/h7H,2,6,8,17H2,1,3-5H3. The smallest absolute Gasteiger partial charge is 0.266 e. The minimum atomic E-state index is -0.0312. The first-order valence-electron chi connectivity index (χ1n) is 6.95. The zero-order chi connectivity index (χ0) is 15.7. The third-order valence-corrected chi connectivity index (χ3v) is 4.48. The van der Waals surface area contributed by atoms with Crippen LogP contribution in [0.1, 0.15) is 34.9 Å². The Bertz CT molecular complexity index is 718. The molecule has 2 aromatic rings. The van der Waals surface area contributed by atoms with E-state index in [0.717, 1.165) is 27.0 Å². The van der Waals surface area contributed by atoms with E-state index < -0.39 is 0 Å². The second kappa shape index (κ2) is 5.85. The highest BCUT2D eigenvalue weighted by Crippen LogP contribution is 2.36. The van der Waals surface area contributed by atoms with Gasteiger partial charge in [0.25, 0.3) is 5.91 Å². The van der Waals surface area contributed by atoms with E-state index in [-0.39, 0.29) is 5.91 Å². The van der Waals surface area contributed by atoms with E-state index in [1.807, 2.05) is 33.8 Å². The molecule has 112 valence electrons. The van der Waals surface area contributed by atoms with Gasteiger partial charge in [0, 0.05) is 34.6 Å². The lowest BCUT2D eigenvalue weighted by Crippen LogP contribution is -2.32. The minimum Gasteiger partial charge on any atom is -0.397 e. The van der Waals surface area contributed by atoms with Gasteiger partial charge in [-0.15, -0.1) is 11.3 Å². The second-order valence-electron chi connectivity index (χ2n) is 5.34. The summed E-state index contributed by atoms with van der Waals surface area (Å²) >= 11 is 1.45. The van der Waals surface area contributed by atoms with Gasteiger partial charge >= 0.3 is 0 Å². The Morgan fingerprint density at radius 2 is 2.14 bits per heavy atom. The van der Waals surface area contributed by atoms with Gasteiger partial charge in [-0.3, -0.25) is 9.78 Å². The Hall–Kier alpha value is -1.88. The first-order chi connectivity index (χ1) is 9.85. The van der Waals surface area contributed by atoms with Crippen LogP contribution in [0.4, 0.5) is 5.69 Å². The molecule has 0 aliphatic carbocycles. The van der Waals surface area contributed by atoms with Crippen LogP contribution < -0.4 is 5.73 Å². The third-order valence-electron chi connectivity index (χ3n) is 3.34. The average molecular weight is 303 g/mol. The molecule has 0 spiro atoms. The van der Waals surface area contributed by atoms with Crippen LogP contribution in [-0.4, -0.2) is 28.9 Å². The number of carbonyl (C=O) groups is 1. The van der Waals surface area contributed by atoms with E-state index in [4.69, 9.17) is 5.73 Å². The fourth-order valence-electron chi connectivity index (χ4n) is 2.43. The molecule has 2 heterocycles. The molecular weight excluding hydrogens is 282 g/mol. The first-order valence-corrected chi connectivity index (χ1v) is 7.76. The number of hydrogen-bond acceptors (Lipinski definition) is 4. The number of pyridine rings is 1. The Morgan fingerprint density at radius 3 is 2.71 bits per heavy atom. The van der Waals surface area contributed by atoms with Crippen molar-refractivity contribution in [3.05, 3.63) is 34.5 Å². The minimum absolute atomic E-state index is 0.0312. The molecule has 0 saturated carbocycles. The summed E-state index contributed by atoms with van der Waals surface area (Å²) < 4.78 is 1.02. The molecule has 0 unspecified atom stereocenters. The molecule has 0 radical (unpaired) electrons. The predicted octanol–water partition coefficient (Wildman–Crippen LogP) is 3.53. The van der Waals surface area contributed by atoms with E-state index in [2.05, 4.69) is 11.6 Å². The van der Waals surface area contributed by atoms with Crippen molar-refractivity contribution in [1.29, 1.82) is 0 Å². The lowest BCUT2D eigenvalue weighted by Gasteiger charge is -2.20. The van der Waals surface area contributed by atoms with Crippen LogP contribution >= 0.6 is 11.3 Å². The third kappa shape index (κ3) is 2.93. The van der Waals surface area contributed by atoms with E-state index in [9.17, 15) is 4.79 Å². The van der Waals surface area contributed by atoms with Gasteiger partial charge in [0.1, 0.15) is 4.88 Å². The second-order valence-corrected chi connectivity index (χ2v) is 6.40. The molecule has 2 N–H and O–H groups in total. The van der Waals surface area contributed by atoms with Gasteiger partial charge < -0.3 is 10.6 Å². The summed E-state index contributed by atoms with van der Waals surface area (Å²) in [6.07, 6.45) is 0. The lowest BCUT2D eigenvalue weighted by atomic mass is 10.2. The number of aryl methyl sites for hydroxylation is 2. The van der Waals surface area contributed by atoms with Crippen molar-refractivity contribution in [2.45, 2.75) is 27.7 Å². The van der Waals surface area contributed by atoms with Crippen molar-refractivity contribution >= 4 is 33.0 Å². The zero-order valence-electron chi connectivity index (χ0n) is 13.0. The number of nitrogens with zero attached hydrogens (tertiary/aromatic N) is 2. The van der Waals surface area contributed by atoms with E-state index in [0.29, 0.717) is 23.7 Å². The maximum Gasteiger partial charge on any atom is 0.266 e. The van der Waals surface area contributed by atoms with E-state index >= 15 is 0 Å². The SMILES string of the molecule is C=C(C)CN(CC)C(=O)c1sc2cc(C)nc(C)c2c1N. The molecule has 0 saturated heterocycles. The number of likely N-dealkylation sites (N-methyl/N-ethyl adjacent to an activating group) is 1. The predicted molar refractivity (Wildman–Crippen MR) is 89.9 cm³/mol. The van der Waals surface area contributed by atoms with Crippen LogP contribution in [-0.2, 0) is 0 Å². The highest BCUT2D eigenvalue weighted by molar-refractivity contribution is 7.21. The molecule has 2 rings (SSSR count). The molecule has 2 aromatic heterocycles. The van der Waals surface area contributed by atoms with Crippen LogP contribution in [0.15, 0.2) is 18.2 Å². The Morgan fingerprint density at radius 1 is 1.48 bits per heavy atom. The monoisotopic (exact) mass is 303 g/mol. The van der Waals surface area contributed by atoms with Crippen molar-refractivity contribution in [3.63, 3.8) is 0 Å². The number of nitrogen functional groups attached to an aromatic ring is 1. The van der Waals surface area contributed by atoms with E-state index in [1.165, 1.54) is 11.3 Å². The summed E-state index contributed by atoms with van der Waals surface area (Å²) in [5.41, 5.74) is 9.53. The maximum absolute atomic E-state index is 12.7. The maximum atomic E-state index is 12.7. The van der Waals surface area contributed by atoms with Crippen molar-refractivity contribution in [1.82, 2.24) is 9.88 Å². The van der Waals surface area contributed by atoms with Gasteiger partial charge in [-0.05, 0) is 33.8 Å². The molecule has 0 aromatic carbocycles. The van der Waals surface area contributed by atoms with Crippen molar-refractivity contribution in [2.24, 2.45) is 0 Å². The van der Waals surface area contributed by atoms with Gasteiger partial charge in [0.05, 0.1) is 5.69 Å². The summed E-state index contributed by atoms with van der Waals surface area (Å²) in [5.74, 6) is -0.0312. The van der Waals surface area contributed by atoms with Crippen molar-refractivity contribution in [3.8, 4) is 0 Å². The topological polar surface area (TPSA) is 59.2 Å². The number of anilines is 1. The Kier molecular flexibility index (Phi) is 4.32. The fraction of sp³-hybridized carbons (Fsp3) is 0.375. The van der Waals surface area contributed by atoms with Gasteiger partial charge in [0.2, 0.25) is 0 Å². The molecule has 5 heteroatoms. The normalized spacial score (nSPS) is 10.9. The van der Waals surface area contributed by atoms with Crippen LogP contribution in [0, 0.1) is 13.8 Å². The highest BCUT2D eigenvalue weighted by Gasteiger charge is 2.22. The zero-order valence-corrected chi connectivity index (χ0v) is 13.8. The molecular formula is C16H21N3OS. The molecule has 0 aliphatic heterocycles. The fourth-order valence-corrected chi connectivity index (χ4v) is 3.67. The number of hydrogen-bond donors (Lipinski definition) is 1. The molecule has 4 nitrogen and oxygen atoms in total. The van der Waals surface area contributed by atoms with Crippen LogP contribution in [0.2, 0.25) is 0 Å². The molecule has 0 aliphatic rings. The molecule has 21 heavy (non-hydrogen) atoms.